The van der Waals surface area contributed by atoms with Crippen molar-refractivity contribution in [2.24, 2.45) is 4.99 Å². The second-order valence-corrected chi connectivity index (χ2v) is 6.33. The largest absolute Gasteiger partial charge is 0.492 e. The molecule has 0 unspecified atom stereocenters. The van der Waals surface area contributed by atoms with Crippen LogP contribution in [-0.4, -0.2) is 53.7 Å². The summed E-state index contributed by atoms with van der Waals surface area (Å²) < 4.78 is 20.7. The summed E-state index contributed by atoms with van der Waals surface area (Å²) >= 11 is 0. The molecule has 1 aromatic heterocycles. The van der Waals surface area contributed by atoms with E-state index >= 15 is 0 Å². The molecule has 0 radical (unpaired) electrons. The highest BCUT2D eigenvalue weighted by Gasteiger charge is 2.06. The van der Waals surface area contributed by atoms with Gasteiger partial charge in [-0.15, -0.1) is 0 Å². The Morgan fingerprint density at radius 2 is 2.07 bits per heavy atom. The van der Waals surface area contributed by atoms with Gasteiger partial charge in [-0.05, 0) is 51.0 Å². The Morgan fingerprint density at radius 3 is 2.74 bits per heavy atom. The van der Waals surface area contributed by atoms with Crippen LogP contribution in [-0.2, 0) is 6.54 Å². The summed E-state index contributed by atoms with van der Waals surface area (Å²) in [5.74, 6) is 2.33. The third-order valence-electron chi connectivity index (χ3n) is 4.20. The van der Waals surface area contributed by atoms with Crippen molar-refractivity contribution < 1.29 is 9.13 Å². The smallest absolute Gasteiger partial charge is 0.193 e. The molecule has 0 amide bonds. The standard InChI is InChI=1S/C20H30FN5O/c1-4-22-20(24-11-5-6-13-26-14-12-23-17(26)2)25(3)15-16-27-19-9-7-18(21)8-10-19/h7-10,12,14H,4-6,11,13,15-16H2,1-3H3,(H,22,24). The highest BCUT2D eigenvalue weighted by Crippen LogP contribution is 2.10. The predicted molar refractivity (Wildman–Crippen MR) is 107 cm³/mol. The van der Waals surface area contributed by atoms with Crippen molar-refractivity contribution in [3.8, 4) is 5.75 Å². The maximum Gasteiger partial charge on any atom is 0.193 e. The zero-order chi connectivity index (χ0) is 19.5. The van der Waals surface area contributed by atoms with Crippen LogP contribution < -0.4 is 10.1 Å². The molecule has 7 heteroatoms. The Morgan fingerprint density at radius 1 is 1.30 bits per heavy atom. The normalized spacial score (nSPS) is 11.5. The first kappa shape index (κ1) is 20.7. The number of ether oxygens (including phenoxy) is 1. The third-order valence-corrected chi connectivity index (χ3v) is 4.20. The molecule has 0 aliphatic rings. The molecule has 0 spiro atoms. The number of halogens is 1. The minimum atomic E-state index is -0.260. The Hall–Kier alpha value is -2.57. The van der Waals surface area contributed by atoms with Gasteiger partial charge in [0.1, 0.15) is 24.0 Å². The molecule has 0 atom stereocenters. The minimum absolute atomic E-state index is 0.260. The number of rotatable bonds is 10. The van der Waals surface area contributed by atoms with Gasteiger partial charge in [-0.1, -0.05) is 0 Å². The number of aryl methyl sites for hydroxylation is 2. The molecule has 27 heavy (non-hydrogen) atoms. The summed E-state index contributed by atoms with van der Waals surface area (Å²) in [5.41, 5.74) is 0. The summed E-state index contributed by atoms with van der Waals surface area (Å²) in [6.45, 7) is 7.84. The molecule has 0 aliphatic heterocycles. The number of guanidine groups is 1. The molecule has 0 fully saturated rings. The molecule has 1 heterocycles. The average molecular weight is 375 g/mol. The molecular weight excluding hydrogens is 345 g/mol. The lowest BCUT2D eigenvalue weighted by Gasteiger charge is -2.22. The number of hydrogen-bond donors (Lipinski definition) is 1. The van der Waals surface area contributed by atoms with Crippen molar-refractivity contribution in [3.05, 3.63) is 48.3 Å². The van der Waals surface area contributed by atoms with Crippen LogP contribution in [0, 0.1) is 12.7 Å². The van der Waals surface area contributed by atoms with Crippen LogP contribution in [0.25, 0.3) is 0 Å². The maximum absolute atomic E-state index is 12.9. The highest BCUT2D eigenvalue weighted by molar-refractivity contribution is 5.79. The average Bonchev–Trinajstić information content (AvgIpc) is 3.07. The van der Waals surface area contributed by atoms with Crippen LogP contribution in [0.5, 0.6) is 5.75 Å². The number of imidazole rings is 1. The number of aromatic nitrogens is 2. The first-order valence-electron chi connectivity index (χ1n) is 9.45. The van der Waals surface area contributed by atoms with Crippen molar-refractivity contribution >= 4 is 5.96 Å². The van der Waals surface area contributed by atoms with E-state index in [2.05, 4.69) is 21.8 Å². The van der Waals surface area contributed by atoms with Crippen LogP contribution in [0.4, 0.5) is 4.39 Å². The van der Waals surface area contributed by atoms with E-state index < -0.39 is 0 Å². The van der Waals surface area contributed by atoms with Crippen molar-refractivity contribution in [3.63, 3.8) is 0 Å². The van der Waals surface area contributed by atoms with Crippen molar-refractivity contribution in [1.29, 1.82) is 0 Å². The van der Waals surface area contributed by atoms with Gasteiger partial charge >= 0.3 is 0 Å². The SMILES string of the molecule is CCNC(=NCCCCn1ccnc1C)N(C)CCOc1ccc(F)cc1. The molecule has 0 saturated carbocycles. The Balaban J connectivity index is 1.72. The minimum Gasteiger partial charge on any atom is -0.492 e. The maximum atomic E-state index is 12.9. The van der Waals surface area contributed by atoms with Gasteiger partial charge in [0.25, 0.3) is 0 Å². The zero-order valence-corrected chi connectivity index (χ0v) is 16.5. The van der Waals surface area contributed by atoms with E-state index in [1.165, 1.54) is 12.1 Å². The van der Waals surface area contributed by atoms with E-state index in [1.54, 1.807) is 12.1 Å². The summed E-state index contributed by atoms with van der Waals surface area (Å²) in [6, 6.07) is 6.07. The van der Waals surface area contributed by atoms with Gasteiger partial charge < -0.3 is 19.5 Å². The number of hydrogen-bond acceptors (Lipinski definition) is 3. The van der Waals surface area contributed by atoms with Crippen molar-refractivity contribution in [1.82, 2.24) is 19.8 Å². The van der Waals surface area contributed by atoms with Gasteiger partial charge in [-0.25, -0.2) is 9.37 Å². The van der Waals surface area contributed by atoms with E-state index in [0.29, 0.717) is 18.9 Å². The van der Waals surface area contributed by atoms with Crippen LogP contribution in [0.3, 0.4) is 0 Å². The number of unbranched alkanes of at least 4 members (excludes halogenated alkanes) is 1. The van der Waals surface area contributed by atoms with Gasteiger partial charge in [-0.2, -0.15) is 0 Å². The second kappa shape index (κ2) is 11.2. The zero-order valence-electron chi connectivity index (χ0n) is 16.5. The number of nitrogens with one attached hydrogen (secondary N) is 1. The van der Waals surface area contributed by atoms with E-state index in [1.807, 2.05) is 31.3 Å². The molecule has 0 aliphatic carbocycles. The number of benzene rings is 1. The monoisotopic (exact) mass is 375 g/mol. The molecule has 2 aromatic rings. The Labute approximate surface area is 161 Å². The van der Waals surface area contributed by atoms with E-state index in [-0.39, 0.29) is 5.82 Å². The Bertz CT molecular complexity index is 699. The van der Waals surface area contributed by atoms with E-state index in [0.717, 1.165) is 44.3 Å². The summed E-state index contributed by atoms with van der Waals surface area (Å²) in [7, 11) is 1.99. The first-order chi connectivity index (χ1) is 13.1. The highest BCUT2D eigenvalue weighted by atomic mass is 19.1. The lowest BCUT2D eigenvalue weighted by atomic mass is 10.3. The van der Waals surface area contributed by atoms with Gasteiger partial charge in [0.2, 0.25) is 0 Å². The fourth-order valence-electron chi connectivity index (χ4n) is 2.63. The quantitative estimate of drug-likeness (QED) is 0.394. The van der Waals surface area contributed by atoms with Crippen molar-refractivity contribution in [2.45, 2.75) is 33.2 Å². The molecule has 1 aromatic carbocycles. The third kappa shape index (κ3) is 7.29. The Kier molecular flexibility index (Phi) is 8.61. The van der Waals surface area contributed by atoms with Crippen LogP contribution in [0.1, 0.15) is 25.6 Å². The van der Waals surface area contributed by atoms with E-state index in [4.69, 9.17) is 9.73 Å². The number of likely N-dealkylation sites (N-methyl/N-ethyl adjacent to an activating group) is 1. The van der Waals surface area contributed by atoms with Crippen LogP contribution >= 0.6 is 0 Å². The second-order valence-electron chi connectivity index (χ2n) is 6.33. The lowest BCUT2D eigenvalue weighted by molar-refractivity contribution is 0.281. The summed E-state index contributed by atoms with van der Waals surface area (Å²) in [5, 5.41) is 3.31. The fourth-order valence-corrected chi connectivity index (χ4v) is 2.63. The van der Waals surface area contributed by atoms with Crippen molar-refractivity contribution in [2.75, 3.05) is 33.3 Å². The van der Waals surface area contributed by atoms with Gasteiger partial charge in [-0.3, -0.25) is 4.99 Å². The van der Waals surface area contributed by atoms with E-state index in [9.17, 15) is 4.39 Å². The molecule has 0 saturated heterocycles. The van der Waals surface area contributed by atoms with Gasteiger partial charge in [0.15, 0.2) is 5.96 Å². The van der Waals surface area contributed by atoms with Gasteiger partial charge in [0, 0.05) is 39.1 Å². The molecule has 2 rings (SSSR count). The molecule has 0 bridgehead atoms. The topological polar surface area (TPSA) is 54.7 Å². The predicted octanol–water partition coefficient (Wildman–Crippen LogP) is 3.09. The van der Waals surface area contributed by atoms with Crippen LogP contribution in [0.15, 0.2) is 41.7 Å². The molecular formula is C20H30FN5O. The summed E-state index contributed by atoms with van der Waals surface area (Å²) in [4.78, 5) is 11.0. The summed E-state index contributed by atoms with van der Waals surface area (Å²) in [6.07, 6.45) is 5.93. The molecule has 6 nitrogen and oxygen atoms in total. The first-order valence-corrected chi connectivity index (χ1v) is 9.45. The molecule has 1 N–H and O–H groups in total. The molecule has 148 valence electrons. The van der Waals surface area contributed by atoms with Crippen LogP contribution in [0.2, 0.25) is 0 Å². The fraction of sp³-hybridized carbons (Fsp3) is 0.500. The lowest BCUT2D eigenvalue weighted by Crippen LogP contribution is -2.41. The number of nitrogens with zero attached hydrogens (tertiary/aromatic N) is 4. The van der Waals surface area contributed by atoms with Gasteiger partial charge in [0.05, 0.1) is 6.54 Å². The number of aliphatic imine (C=N–C) groups is 1.